The maximum absolute atomic E-state index is 3.51. The van der Waals surface area contributed by atoms with Crippen LogP contribution in [0.1, 0.15) is 43.7 Å². The average Bonchev–Trinajstić information content (AvgIpc) is 3.07. The fourth-order valence-corrected chi connectivity index (χ4v) is 4.53. The van der Waals surface area contributed by atoms with Gasteiger partial charge < -0.3 is 10.3 Å². The number of aromatic nitrogens is 1. The number of hydrogen-bond donors (Lipinski definition) is 2. The van der Waals surface area contributed by atoms with Gasteiger partial charge in [0.2, 0.25) is 0 Å². The lowest BCUT2D eigenvalue weighted by atomic mass is 9.79. The zero-order valence-electron chi connectivity index (χ0n) is 13.4. The fourth-order valence-electron chi connectivity index (χ4n) is 4.53. The van der Waals surface area contributed by atoms with Gasteiger partial charge in [0.05, 0.1) is 0 Å². The van der Waals surface area contributed by atoms with E-state index in [0.29, 0.717) is 6.04 Å². The second kappa shape index (κ2) is 6.43. The number of aromatic amines is 1. The Morgan fingerprint density at radius 3 is 2.64 bits per heavy atom. The zero-order chi connectivity index (χ0) is 14.8. The van der Waals surface area contributed by atoms with Crippen molar-refractivity contribution >= 4 is 10.9 Å². The lowest BCUT2D eigenvalue weighted by Gasteiger charge is -2.41. The van der Waals surface area contributed by atoms with Crippen LogP contribution in [0.25, 0.3) is 10.9 Å². The van der Waals surface area contributed by atoms with Crippen LogP contribution in [0.15, 0.2) is 30.5 Å². The van der Waals surface area contributed by atoms with Gasteiger partial charge in [0.1, 0.15) is 0 Å². The highest BCUT2D eigenvalue weighted by molar-refractivity contribution is 5.83. The molecule has 1 aliphatic heterocycles. The summed E-state index contributed by atoms with van der Waals surface area (Å²) in [7, 11) is 0. The van der Waals surface area contributed by atoms with Crippen molar-refractivity contribution in [1.82, 2.24) is 15.2 Å². The molecule has 118 valence electrons. The Morgan fingerprint density at radius 2 is 1.82 bits per heavy atom. The van der Waals surface area contributed by atoms with Crippen molar-refractivity contribution < 1.29 is 0 Å². The number of fused-ring (bicyclic) bond motifs is 1. The highest BCUT2D eigenvalue weighted by atomic mass is 15.2. The van der Waals surface area contributed by atoms with Crippen LogP contribution in [0.3, 0.4) is 0 Å². The second-order valence-electron chi connectivity index (χ2n) is 6.92. The lowest BCUT2D eigenvalue weighted by molar-refractivity contribution is 0.104. The summed E-state index contributed by atoms with van der Waals surface area (Å²) in [6.07, 6.45) is 9.14. The van der Waals surface area contributed by atoms with Gasteiger partial charge in [0.25, 0.3) is 0 Å². The van der Waals surface area contributed by atoms with Crippen LogP contribution < -0.4 is 5.32 Å². The molecule has 0 bridgehead atoms. The highest BCUT2D eigenvalue weighted by Crippen LogP contribution is 2.40. The van der Waals surface area contributed by atoms with Gasteiger partial charge in [-0.05, 0) is 36.5 Å². The van der Waals surface area contributed by atoms with Gasteiger partial charge in [-0.2, -0.15) is 0 Å². The van der Waals surface area contributed by atoms with Gasteiger partial charge in [0, 0.05) is 49.3 Å². The van der Waals surface area contributed by atoms with Crippen molar-refractivity contribution in [3.8, 4) is 0 Å². The van der Waals surface area contributed by atoms with Crippen LogP contribution in [0.2, 0.25) is 0 Å². The van der Waals surface area contributed by atoms with E-state index in [0.717, 1.165) is 19.0 Å². The summed E-state index contributed by atoms with van der Waals surface area (Å²) < 4.78 is 0. The first kappa shape index (κ1) is 14.3. The number of hydrogen-bond acceptors (Lipinski definition) is 2. The number of piperazine rings is 1. The van der Waals surface area contributed by atoms with E-state index in [1.165, 1.54) is 56.1 Å². The van der Waals surface area contributed by atoms with Crippen LogP contribution >= 0.6 is 0 Å². The molecule has 22 heavy (non-hydrogen) atoms. The smallest absolute Gasteiger partial charge is 0.0457 e. The molecule has 0 radical (unpaired) electrons. The molecule has 2 aliphatic rings. The molecule has 2 aromatic rings. The molecule has 2 heterocycles. The Bertz CT molecular complexity index is 588. The van der Waals surface area contributed by atoms with E-state index in [9.17, 15) is 0 Å². The first-order valence-corrected chi connectivity index (χ1v) is 8.94. The first-order chi connectivity index (χ1) is 10.9. The van der Waals surface area contributed by atoms with Crippen molar-refractivity contribution in [2.45, 2.75) is 38.1 Å². The maximum atomic E-state index is 3.51. The van der Waals surface area contributed by atoms with Gasteiger partial charge >= 0.3 is 0 Å². The molecule has 2 fully saturated rings. The minimum Gasteiger partial charge on any atom is -0.361 e. The number of nitrogens with one attached hydrogen (secondary N) is 2. The number of nitrogens with zero attached hydrogens (tertiary/aromatic N) is 1. The number of benzene rings is 1. The molecule has 0 amide bonds. The van der Waals surface area contributed by atoms with E-state index in [2.05, 4.69) is 45.7 Å². The van der Waals surface area contributed by atoms with E-state index in [1.807, 2.05) is 0 Å². The molecule has 1 aromatic heterocycles. The highest BCUT2D eigenvalue weighted by Gasteiger charge is 2.31. The predicted octanol–water partition coefficient (Wildman–Crippen LogP) is 3.69. The standard InChI is InChI=1S/C19H27N3/c1-2-5-15(6-3-1)19(22-13-11-20-12-14-22)17-7-4-8-18-16(17)9-10-21-18/h4,7-10,15,19-21H,1-3,5-6,11-14H2/t19-/m1/s1. The van der Waals surface area contributed by atoms with Gasteiger partial charge in [-0.15, -0.1) is 0 Å². The maximum Gasteiger partial charge on any atom is 0.0457 e. The van der Waals surface area contributed by atoms with Crippen LogP contribution in [-0.4, -0.2) is 36.1 Å². The number of rotatable bonds is 3. The topological polar surface area (TPSA) is 31.1 Å². The Kier molecular flexibility index (Phi) is 4.17. The van der Waals surface area contributed by atoms with E-state index in [-0.39, 0.29) is 0 Å². The molecule has 1 aliphatic carbocycles. The Morgan fingerprint density at radius 1 is 1.00 bits per heavy atom. The third kappa shape index (κ3) is 2.68. The summed E-state index contributed by atoms with van der Waals surface area (Å²) in [5.41, 5.74) is 2.83. The molecular formula is C19H27N3. The van der Waals surface area contributed by atoms with E-state index in [4.69, 9.17) is 0 Å². The number of H-pyrrole nitrogens is 1. The summed E-state index contributed by atoms with van der Waals surface area (Å²) in [5.74, 6) is 0.826. The molecule has 0 unspecified atom stereocenters. The molecule has 1 saturated heterocycles. The lowest BCUT2D eigenvalue weighted by Crippen LogP contribution is -2.47. The minimum absolute atomic E-state index is 0.599. The van der Waals surface area contributed by atoms with Crippen LogP contribution in [0.5, 0.6) is 0 Å². The summed E-state index contributed by atoms with van der Waals surface area (Å²) in [6.45, 7) is 4.63. The Balaban J connectivity index is 1.73. The van der Waals surface area contributed by atoms with Crippen LogP contribution in [-0.2, 0) is 0 Å². The summed E-state index contributed by atoms with van der Waals surface area (Å²) in [6, 6.07) is 9.67. The third-order valence-corrected chi connectivity index (χ3v) is 5.59. The first-order valence-electron chi connectivity index (χ1n) is 8.94. The minimum atomic E-state index is 0.599. The third-order valence-electron chi connectivity index (χ3n) is 5.59. The van der Waals surface area contributed by atoms with Crippen molar-refractivity contribution in [1.29, 1.82) is 0 Å². The van der Waals surface area contributed by atoms with Crippen molar-refractivity contribution in [2.75, 3.05) is 26.2 Å². The van der Waals surface area contributed by atoms with Crippen molar-refractivity contribution in [3.05, 3.63) is 36.0 Å². The Labute approximate surface area is 133 Å². The van der Waals surface area contributed by atoms with Crippen molar-refractivity contribution in [2.24, 2.45) is 5.92 Å². The summed E-state index contributed by atoms with van der Waals surface area (Å²) >= 11 is 0. The molecule has 0 spiro atoms. The normalized spacial score (nSPS) is 22.9. The fraction of sp³-hybridized carbons (Fsp3) is 0.579. The predicted molar refractivity (Wildman–Crippen MR) is 92.1 cm³/mol. The molecular weight excluding hydrogens is 270 g/mol. The summed E-state index contributed by atoms with van der Waals surface area (Å²) in [5, 5.41) is 4.94. The van der Waals surface area contributed by atoms with Gasteiger partial charge in [-0.1, -0.05) is 31.4 Å². The molecule has 4 rings (SSSR count). The average molecular weight is 297 g/mol. The second-order valence-corrected chi connectivity index (χ2v) is 6.92. The van der Waals surface area contributed by atoms with Gasteiger partial charge in [0.15, 0.2) is 0 Å². The molecule has 1 aromatic carbocycles. The zero-order valence-corrected chi connectivity index (χ0v) is 13.4. The molecule has 1 atom stereocenters. The van der Waals surface area contributed by atoms with E-state index < -0.39 is 0 Å². The Hall–Kier alpha value is -1.32. The molecule has 2 N–H and O–H groups in total. The summed E-state index contributed by atoms with van der Waals surface area (Å²) in [4.78, 5) is 6.13. The quantitative estimate of drug-likeness (QED) is 0.905. The molecule has 3 heteroatoms. The molecule has 3 nitrogen and oxygen atoms in total. The van der Waals surface area contributed by atoms with Crippen LogP contribution in [0, 0.1) is 5.92 Å². The monoisotopic (exact) mass is 297 g/mol. The SMILES string of the molecule is c1cc([C@@H](C2CCCCC2)N2CCNCC2)c2cc[nH]c2c1. The van der Waals surface area contributed by atoms with Gasteiger partial charge in [-0.25, -0.2) is 0 Å². The van der Waals surface area contributed by atoms with E-state index in [1.54, 1.807) is 5.56 Å². The van der Waals surface area contributed by atoms with Crippen molar-refractivity contribution in [3.63, 3.8) is 0 Å². The largest absolute Gasteiger partial charge is 0.361 e. The van der Waals surface area contributed by atoms with Crippen LogP contribution in [0.4, 0.5) is 0 Å². The molecule has 1 saturated carbocycles. The van der Waals surface area contributed by atoms with E-state index >= 15 is 0 Å². The van der Waals surface area contributed by atoms with Gasteiger partial charge in [-0.3, -0.25) is 4.90 Å².